The minimum absolute atomic E-state index is 0.00238. The van der Waals surface area contributed by atoms with Crippen molar-refractivity contribution >= 4 is 38.7 Å². The Labute approximate surface area is 213 Å². The Morgan fingerprint density at radius 2 is 1.47 bits per heavy atom. The average molecular weight is 484 g/mol. The van der Waals surface area contributed by atoms with Crippen LogP contribution in [-0.2, 0) is 17.9 Å². The van der Waals surface area contributed by atoms with Gasteiger partial charge in [0.25, 0.3) is 0 Å². The highest BCUT2D eigenvalue weighted by Crippen LogP contribution is 2.42. The number of methoxy groups -OCH3 is 1. The molecule has 0 fully saturated rings. The molecule has 0 N–H and O–H groups in total. The Kier molecular flexibility index (Phi) is 5.17. The quantitative estimate of drug-likeness (QED) is 0.261. The summed E-state index contributed by atoms with van der Waals surface area (Å²) in [5.41, 5.74) is 4.84. The maximum Gasteiger partial charge on any atom is 0.201 e. The number of aromatic nitrogens is 1. The molecule has 2 heterocycles. The van der Waals surface area contributed by atoms with Crippen LogP contribution in [-0.4, -0.2) is 17.3 Å². The van der Waals surface area contributed by atoms with E-state index in [4.69, 9.17) is 9.47 Å². The maximum absolute atomic E-state index is 14.0. The van der Waals surface area contributed by atoms with Gasteiger partial charge in [-0.1, -0.05) is 53.7 Å². The minimum atomic E-state index is -0.425. The lowest BCUT2D eigenvalue weighted by molar-refractivity contribution is 0.159. The normalized spacial score (nSPS) is 15.4. The number of fused-ring (bicyclic) bond motifs is 5. The predicted octanol–water partition coefficient (Wildman–Crippen LogP) is 7.63. The third-order valence-electron chi connectivity index (χ3n) is 7.39. The Bertz CT molecular complexity index is 1650. The van der Waals surface area contributed by atoms with E-state index in [9.17, 15) is 4.79 Å². The zero-order chi connectivity index (χ0) is 26.4. The summed E-state index contributed by atoms with van der Waals surface area (Å²) in [7, 11) is 3.64. The fourth-order valence-electron chi connectivity index (χ4n) is 5.51. The summed E-state index contributed by atoms with van der Waals surface area (Å²) >= 11 is 0. The van der Waals surface area contributed by atoms with E-state index in [1.165, 1.54) is 11.1 Å². The third-order valence-corrected chi connectivity index (χ3v) is 7.39. The molecule has 5 rings (SSSR count). The van der Waals surface area contributed by atoms with Gasteiger partial charge >= 0.3 is 0 Å². The van der Waals surface area contributed by atoms with E-state index in [0.29, 0.717) is 16.5 Å². The molecule has 0 radical (unpaired) electrons. The van der Waals surface area contributed by atoms with Crippen LogP contribution in [0.4, 0.5) is 0 Å². The molecule has 36 heavy (non-hydrogen) atoms. The van der Waals surface area contributed by atoms with E-state index in [2.05, 4.69) is 76.5 Å². The molecule has 188 valence electrons. The Balaban J connectivity index is 1.95. The molecule has 4 nitrogen and oxygen atoms in total. The second kappa shape index (κ2) is 7.61. The first kappa shape index (κ1) is 24.4. The van der Waals surface area contributed by atoms with Crippen molar-refractivity contribution in [1.29, 1.82) is 0 Å². The summed E-state index contributed by atoms with van der Waals surface area (Å²) in [4.78, 5) is 14.0. The van der Waals surface area contributed by atoms with Crippen molar-refractivity contribution in [1.82, 2.24) is 4.57 Å². The first-order valence-electron chi connectivity index (χ1n) is 12.7. The molecule has 1 aliphatic rings. The highest BCUT2D eigenvalue weighted by Gasteiger charge is 2.28. The van der Waals surface area contributed by atoms with Crippen LogP contribution in [0, 0.1) is 0 Å². The maximum atomic E-state index is 14.0. The summed E-state index contributed by atoms with van der Waals surface area (Å²) in [6.07, 6.45) is 4.11. The number of ether oxygens (including phenoxy) is 2. The largest absolute Gasteiger partial charge is 0.496 e. The van der Waals surface area contributed by atoms with Gasteiger partial charge in [0, 0.05) is 24.1 Å². The molecule has 0 spiro atoms. The molecule has 0 aliphatic carbocycles. The summed E-state index contributed by atoms with van der Waals surface area (Å²) in [6.45, 7) is 17.6. The average Bonchev–Trinajstić information content (AvgIpc) is 2.77. The Hall–Kier alpha value is -3.27. The van der Waals surface area contributed by atoms with Crippen LogP contribution in [0.15, 0.2) is 41.2 Å². The summed E-state index contributed by atoms with van der Waals surface area (Å²) in [5.74, 6) is 1.27. The third kappa shape index (κ3) is 3.70. The molecule has 1 aromatic heterocycles. The molecule has 0 unspecified atom stereocenters. The lowest BCUT2D eigenvalue weighted by atomic mass is 9.74. The standard InChI is InChI=1S/C32H37NO3/c1-30(2,3)22-14-18-13-21-24(16-19(18)15-23(22)31(4,5)6)33(9)28-20-11-12-32(7,8)36-25(20)17-26(35-10)27(28)29(21)34/h11-17H,1-10H3. The van der Waals surface area contributed by atoms with Gasteiger partial charge in [-0.15, -0.1) is 0 Å². The van der Waals surface area contributed by atoms with Crippen molar-refractivity contribution in [2.45, 2.75) is 71.8 Å². The predicted molar refractivity (Wildman–Crippen MR) is 152 cm³/mol. The van der Waals surface area contributed by atoms with Gasteiger partial charge in [-0.25, -0.2) is 0 Å². The van der Waals surface area contributed by atoms with Crippen molar-refractivity contribution in [2.75, 3.05) is 7.11 Å². The molecular formula is C32H37NO3. The second-order valence-electron chi connectivity index (χ2n) is 12.8. The lowest BCUT2D eigenvalue weighted by Crippen LogP contribution is -2.28. The number of benzene rings is 3. The van der Waals surface area contributed by atoms with Crippen LogP contribution in [0.5, 0.6) is 11.5 Å². The van der Waals surface area contributed by atoms with Gasteiger partial charge in [-0.05, 0) is 70.9 Å². The van der Waals surface area contributed by atoms with Gasteiger partial charge in [0.05, 0.1) is 23.5 Å². The molecule has 0 atom stereocenters. The summed E-state index contributed by atoms with van der Waals surface area (Å²) < 4.78 is 14.1. The number of aryl methyl sites for hydroxylation is 1. The minimum Gasteiger partial charge on any atom is -0.496 e. The van der Waals surface area contributed by atoms with Gasteiger partial charge in [0.2, 0.25) is 5.43 Å². The number of rotatable bonds is 1. The van der Waals surface area contributed by atoms with E-state index >= 15 is 0 Å². The Morgan fingerprint density at radius 1 is 0.889 bits per heavy atom. The molecule has 1 aliphatic heterocycles. The van der Waals surface area contributed by atoms with Crippen LogP contribution >= 0.6 is 0 Å². The topological polar surface area (TPSA) is 40.5 Å². The van der Waals surface area contributed by atoms with Crippen molar-refractivity contribution in [3.05, 3.63) is 63.3 Å². The number of pyridine rings is 1. The van der Waals surface area contributed by atoms with E-state index in [0.717, 1.165) is 33.1 Å². The summed E-state index contributed by atoms with van der Waals surface area (Å²) in [6, 6.07) is 10.7. The number of hydrogen-bond donors (Lipinski definition) is 0. The zero-order valence-corrected chi connectivity index (χ0v) is 23.2. The molecule has 4 aromatic rings. The fraction of sp³-hybridized carbons (Fsp3) is 0.406. The molecular weight excluding hydrogens is 446 g/mol. The molecule has 0 bridgehead atoms. The first-order valence-corrected chi connectivity index (χ1v) is 12.7. The van der Waals surface area contributed by atoms with Gasteiger partial charge in [-0.3, -0.25) is 4.79 Å². The van der Waals surface area contributed by atoms with Gasteiger partial charge < -0.3 is 14.0 Å². The van der Waals surface area contributed by atoms with Crippen LogP contribution < -0.4 is 14.9 Å². The SMILES string of the molecule is COc1cc2c(c3c1c(=O)c1cc4cc(C(C)(C)C)c(C(C)(C)C)cc4cc1n3C)C=CC(C)(C)O2. The van der Waals surface area contributed by atoms with E-state index in [1.807, 2.05) is 33.0 Å². The molecule has 3 aromatic carbocycles. The molecule has 4 heteroatoms. The zero-order valence-electron chi connectivity index (χ0n) is 23.2. The van der Waals surface area contributed by atoms with Crippen molar-refractivity contribution in [3.63, 3.8) is 0 Å². The smallest absolute Gasteiger partial charge is 0.201 e. The first-order chi connectivity index (χ1) is 16.6. The Morgan fingerprint density at radius 3 is 2.03 bits per heavy atom. The number of nitrogens with zero attached hydrogens (tertiary/aromatic N) is 1. The van der Waals surface area contributed by atoms with Crippen LogP contribution in [0.3, 0.4) is 0 Å². The van der Waals surface area contributed by atoms with E-state index in [1.54, 1.807) is 7.11 Å². The van der Waals surface area contributed by atoms with E-state index in [-0.39, 0.29) is 16.3 Å². The van der Waals surface area contributed by atoms with Crippen molar-refractivity contribution in [3.8, 4) is 11.5 Å². The fourth-order valence-corrected chi connectivity index (χ4v) is 5.51. The highest BCUT2D eigenvalue weighted by molar-refractivity contribution is 6.06. The van der Waals surface area contributed by atoms with Gasteiger partial charge in [0.1, 0.15) is 17.1 Å². The van der Waals surface area contributed by atoms with Crippen molar-refractivity contribution in [2.24, 2.45) is 7.05 Å². The van der Waals surface area contributed by atoms with Gasteiger partial charge in [-0.2, -0.15) is 0 Å². The van der Waals surface area contributed by atoms with Gasteiger partial charge in [0.15, 0.2) is 0 Å². The number of hydrogen-bond acceptors (Lipinski definition) is 3. The monoisotopic (exact) mass is 483 g/mol. The molecule has 0 saturated carbocycles. The highest BCUT2D eigenvalue weighted by atomic mass is 16.5. The van der Waals surface area contributed by atoms with E-state index < -0.39 is 5.60 Å². The summed E-state index contributed by atoms with van der Waals surface area (Å²) in [5, 5.41) is 3.50. The van der Waals surface area contributed by atoms with Crippen LogP contribution in [0.25, 0.3) is 38.7 Å². The lowest BCUT2D eigenvalue weighted by Gasteiger charge is -2.31. The van der Waals surface area contributed by atoms with Crippen LogP contribution in [0.1, 0.15) is 72.1 Å². The molecule has 0 saturated heterocycles. The van der Waals surface area contributed by atoms with Crippen LogP contribution in [0.2, 0.25) is 0 Å². The molecule has 0 amide bonds. The second-order valence-corrected chi connectivity index (χ2v) is 12.8. The van der Waals surface area contributed by atoms with Crippen molar-refractivity contribution < 1.29 is 9.47 Å².